The summed E-state index contributed by atoms with van der Waals surface area (Å²) in [6.45, 7) is 1.84. The van der Waals surface area contributed by atoms with Crippen LogP contribution in [-0.4, -0.2) is 27.1 Å². The second-order valence-electron chi connectivity index (χ2n) is 4.32. The van der Waals surface area contributed by atoms with E-state index in [-0.39, 0.29) is 6.79 Å². The van der Waals surface area contributed by atoms with Gasteiger partial charge in [-0.2, -0.15) is 0 Å². The van der Waals surface area contributed by atoms with E-state index in [0.717, 1.165) is 41.8 Å². The van der Waals surface area contributed by atoms with Crippen molar-refractivity contribution in [3.05, 3.63) is 28.2 Å². The van der Waals surface area contributed by atoms with Gasteiger partial charge >= 0.3 is 0 Å². The second kappa shape index (κ2) is 7.54. The summed E-state index contributed by atoms with van der Waals surface area (Å²) in [5.41, 5.74) is 0.881. The van der Waals surface area contributed by atoms with Crippen molar-refractivity contribution in [2.75, 3.05) is 27.1 Å². The van der Waals surface area contributed by atoms with Crippen LogP contribution in [0.1, 0.15) is 18.4 Å². The lowest BCUT2D eigenvalue weighted by atomic mass is 10.0. The van der Waals surface area contributed by atoms with Gasteiger partial charge in [0.1, 0.15) is 5.75 Å². The molecule has 0 bridgehead atoms. The van der Waals surface area contributed by atoms with Crippen LogP contribution >= 0.6 is 15.9 Å². The minimum Gasteiger partial charge on any atom is -0.466 e. The molecule has 0 amide bonds. The van der Waals surface area contributed by atoms with Crippen LogP contribution in [-0.2, 0) is 9.47 Å². The molecule has 3 nitrogen and oxygen atoms in total. The molecule has 0 aromatic heterocycles. The Hall–Kier alpha value is -1.02. The number of hydrogen-bond acceptors (Lipinski definition) is 3. The summed E-state index contributed by atoms with van der Waals surface area (Å²) in [5, 5.41) is 0. The van der Waals surface area contributed by atoms with Crippen LogP contribution in [0.25, 0.3) is 0 Å². The molecule has 1 aliphatic rings. The second-order valence-corrected chi connectivity index (χ2v) is 5.17. The van der Waals surface area contributed by atoms with Crippen molar-refractivity contribution in [1.82, 2.24) is 0 Å². The highest BCUT2D eigenvalue weighted by molar-refractivity contribution is 9.10. The van der Waals surface area contributed by atoms with Crippen molar-refractivity contribution < 1.29 is 14.2 Å². The number of ether oxygens (including phenoxy) is 3. The molecular weight excluding hydrogens is 308 g/mol. The number of rotatable bonds is 3. The van der Waals surface area contributed by atoms with Gasteiger partial charge in [-0.15, -0.1) is 0 Å². The number of methoxy groups -OCH3 is 1. The molecule has 1 aromatic carbocycles. The van der Waals surface area contributed by atoms with Crippen molar-refractivity contribution in [2.45, 2.75) is 12.8 Å². The Balaban J connectivity index is 2.15. The van der Waals surface area contributed by atoms with E-state index in [0.29, 0.717) is 5.92 Å². The maximum absolute atomic E-state index is 5.53. The predicted molar refractivity (Wildman–Crippen MR) is 77.1 cm³/mol. The van der Waals surface area contributed by atoms with E-state index in [1.54, 1.807) is 7.11 Å². The van der Waals surface area contributed by atoms with Gasteiger partial charge in [0.05, 0.1) is 5.56 Å². The summed E-state index contributed by atoms with van der Waals surface area (Å²) < 4.78 is 16.7. The predicted octanol–water partition coefficient (Wildman–Crippen LogP) is 3.21. The van der Waals surface area contributed by atoms with E-state index < -0.39 is 0 Å². The Morgan fingerprint density at radius 1 is 1.37 bits per heavy atom. The molecule has 1 aromatic rings. The van der Waals surface area contributed by atoms with Gasteiger partial charge in [0.25, 0.3) is 0 Å². The fraction of sp³-hybridized carbons (Fsp3) is 0.467. The molecular formula is C15H17BrO3. The van der Waals surface area contributed by atoms with Crippen LogP contribution in [0.5, 0.6) is 5.75 Å². The monoisotopic (exact) mass is 324 g/mol. The normalized spacial score (nSPS) is 15.7. The molecule has 2 rings (SSSR count). The minimum absolute atomic E-state index is 0.225. The Morgan fingerprint density at radius 2 is 2.16 bits per heavy atom. The molecule has 0 unspecified atom stereocenters. The zero-order valence-corrected chi connectivity index (χ0v) is 12.5. The summed E-state index contributed by atoms with van der Waals surface area (Å²) in [7, 11) is 1.60. The zero-order chi connectivity index (χ0) is 13.5. The van der Waals surface area contributed by atoms with Gasteiger partial charge in [-0.05, 0) is 40.9 Å². The van der Waals surface area contributed by atoms with Crippen LogP contribution < -0.4 is 4.74 Å². The maximum Gasteiger partial charge on any atom is 0.188 e. The molecule has 19 heavy (non-hydrogen) atoms. The highest BCUT2D eigenvalue weighted by atomic mass is 79.9. The number of hydrogen-bond donors (Lipinski definition) is 0. The van der Waals surface area contributed by atoms with Gasteiger partial charge in [-0.3, -0.25) is 0 Å². The highest BCUT2D eigenvalue weighted by Crippen LogP contribution is 2.26. The molecule has 1 fully saturated rings. The minimum atomic E-state index is 0.225. The van der Waals surface area contributed by atoms with Gasteiger partial charge in [0.15, 0.2) is 6.79 Å². The molecule has 1 saturated heterocycles. The first-order valence-electron chi connectivity index (χ1n) is 6.31. The van der Waals surface area contributed by atoms with Gasteiger partial charge in [-0.25, -0.2) is 0 Å². The van der Waals surface area contributed by atoms with Crippen molar-refractivity contribution in [3.8, 4) is 17.6 Å². The Labute approximate surface area is 122 Å². The molecule has 0 aliphatic carbocycles. The quantitative estimate of drug-likeness (QED) is 0.631. The van der Waals surface area contributed by atoms with Gasteiger partial charge in [0.2, 0.25) is 0 Å². The van der Waals surface area contributed by atoms with Crippen LogP contribution in [0, 0.1) is 17.8 Å². The van der Waals surface area contributed by atoms with E-state index in [2.05, 4.69) is 27.8 Å². The molecule has 1 heterocycles. The van der Waals surface area contributed by atoms with Crippen molar-refractivity contribution >= 4 is 15.9 Å². The molecule has 4 heteroatoms. The summed E-state index contributed by atoms with van der Waals surface area (Å²) in [5.74, 6) is 7.70. The molecule has 0 atom stereocenters. The maximum atomic E-state index is 5.53. The first kappa shape index (κ1) is 14.4. The molecule has 1 aliphatic heterocycles. The van der Waals surface area contributed by atoms with E-state index in [1.165, 1.54) is 0 Å². The lowest BCUT2D eigenvalue weighted by Crippen LogP contribution is -2.13. The van der Waals surface area contributed by atoms with Gasteiger partial charge in [0, 0.05) is 30.7 Å². The summed E-state index contributed by atoms with van der Waals surface area (Å²) in [6.07, 6.45) is 2.01. The molecule has 102 valence electrons. The number of benzene rings is 1. The van der Waals surface area contributed by atoms with Crippen LogP contribution in [0.3, 0.4) is 0 Å². The lowest BCUT2D eigenvalue weighted by molar-refractivity contribution is 0.0509. The topological polar surface area (TPSA) is 27.7 Å². The highest BCUT2D eigenvalue weighted by Gasteiger charge is 2.11. The SMILES string of the molecule is COCOc1cccc(Br)c1C#CC1CCOCC1. The van der Waals surface area contributed by atoms with Crippen molar-refractivity contribution in [2.24, 2.45) is 5.92 Å². The standard InChI is InChI=1S/C15H17BrO3/c1-17-11-19-15-4-2-3-14(16)13(15)6-5-12-7-9-18-10-8-12/h2-4,12H,7-11H2,1H3. The third kappa shape index (κ3) is 4.24. The van der Waals surface area contributed by atoms with Crippen molar-refractivity contribution in [1.29, 1.82) is 0 Å². The van der Waals surface area contributed by atoms with Crippen LogP contribution in [0.2, 0.25) is 0 Å². The number of halogens is 1. The third-order valence-corrected chi connectivity index (χ3v) is 3.59. The molecule has 0 radical (unpaired) electrons. The van der Waals surface area contributed by atoms with Crippen LogP contribution in [0.4, 0.5) is 0 Å². The van der Waals surface area contributed by atoms with E-state index in [9.17, 15) is 0 Å². The Kier molecular flexibility index (Phi) is 5.71. The van der Waals surface area contributed by atoms with Gasteiger partial charge < -0.3 is 14.2 Å². The first-order chi connectivity index (χ1) is 9.31. The van der Waals surface area contributed by atoms with Crippen molar-refractivity contribution in [3.63, 3.8) is 0 Å². The fourth-order valence-corrected chi connectivity index (χ4v) is 2.33. The lowest BCUT2D eigenvalue weighted by Gasteiger charge is -2.16. The zero-order valence-electron chi connectivity index (χ0n) is 10.9. The van der Waals surface area contributed by atoms with Gasteiger partial charge in [-0.1, -0.05) is 17.9 Å². The summed E-state index contributed by atoms with van der Waals surface area (Å²) in [6, 6.07) is 5.79. The Bertz CT molecular complexity index is 470. The largest absolute Gasteiger partial charge is 0.466 e. The molecule has 0 saturated carbocycles. The average molecular weight is 325 g/mol. The van der Waals surface area contributed by atoms with E-state index in [4.69, 9.17) is 14.2 Å². The summed E-state index contributed by atoms with van der Waals surface area (Å²) in [4.78, 5) is 0. The smallest absolute Gasteiger partial charge is 0.188 e. The first-order valence-corrected chi connectivity index (χ1v) is 7.10. The summed E-state index contributed by atoms with van der Waals surface area (Å²) >= 11 is 3.52. The fourth-order valence-electron chi connectivity index (χ4n) is 1.88. The van der Waals surface area contributed by atoms with E-state index in [1.807, 2.05) is 18.2 Å². The molecule has 0 N–H and O–H groups in total. The van der Waals surface area contributed by atoms with Crippen LogP contribution in [0.15, 0.2) is 22.7 Å². The van der Waals surface area contributed by atoms with E-state index >= 15 is 0 Å². The Morgan fingerprint density at radius 3 is 2.89 bits per heavy atom. The molecule has 0 spiro atoms. The average Bonchev–Trinajstić information content (AvgIpc) is 2.45. The third-order valence-electron chi connectivity index (χ3n) is 2.93.